The van der Waals surface area contributed by atoms with E-state index in [1.807, 2.05) is 46.2 Å². The predicted octanol–water partition coefficient (Wildman–Crippen LogP) is 3.41. The second-order valence-corrected chi connectivity index (χ2v) is 7.96. The van der Waals surface area contributed by atoms with Crippen molar-refractivity contribution in [3.8, 4) is 0 Å². The van der Waals surface area contributed by atoms with Crippen molar-refractivity contribution in [1.82, 2.24) is 9.80 Å². The van der Waals surface area contributed by atoms with Crippen LogP contribution < -0.4 is 5.32 Å². The average molecular weight is 392 g/mol. The number of rotatable bonds is 5. The monoisotopic (exact) mass is 391 g/mol. The van der Waals surface area contributed by atoms with E-state index in [1.165, 1.54) is 11.1 Å². The molecular weight excluding hydrogens is 362 g/mol. The molecular formula is C24H29N3O2. The van der Waals surface area contributed by atoms with Crippen LogP contribution in [0.3, 0.4) is 0 Å². The van der Waals surface area contributed by atoms with E-state index in [4.69, 9.17) is 0 Å². The van der Waals surface area contributed by atoms with Gasteiger partial charge in [-0.05, 0) is 54.5 Å². The highest BCUT2D eigenvalue weighted by Gasteiger charge is 2.37. The number of hydrogen-bond donors (Lipinski definition) is 1. The molecule has 5 heteroatoms. The fraction of sp³-hybridized carbons (Fsp3) is 0.417. The summed E-state index contributed by atoms with van der Waals surface area (Å²) in [7, 11) is 0. The van der Waals surface area contributed by atoms with E-state index >= 15 is 0 Å². The number of aryl methyl sites for hydroxylation is 1. The molecule has 0 bridgehead atoms. The highest BCUT2D eigenvalue weighted by Crippen LogP contribution is 2.32. The van der Waals surface area contributed by atoms with Crippen molar-refractivity contribution in [1.29, 1.82) is 0 Å². The van der Waals surface area contributed by atoms with Crippen LogP contribution in [0.5, 0.6) is 0 Å². The first kappa shape index (κ1) is 19.6. The fourth-order valence-electron chi connectivity index (χ4n) is 4.44. The molecule has 0 saturated carbocycles. The molecule has 0 radical (unpaired) electrons. The zero-order chi connectivity index (χ0) is 20.2. The lowest BCUT2D eigenvalue weighted by Crippen LogP contribution is -2.47. The van der Waals surface area contributed by atoms with Gasteiger partial charge in [-0.15, -0.1) is 0 Å². The van der Waals surface area contributed by atoms with Crippen LogP contribution in [0.4, 0.5) is 5.69 Å². The summed E-state index contributed by atoms with van der Waals surface area (Å²) in [5.74, 6) is 0.0623. The molecule has 2 aliphatic heterocycles. The van der Waals surface area contributed by atoms with Crippen LogP contribution >= 0.6 is 0 Å². The molecule has 0 aromatic heterocycles. The number of likely N-dealkylation sites (tertiary alicyclic amines) is 1. The Hall–Kier alpha value is -2.66. The van der Waals surface area contributed by atoms with Gasteiger partial charge >= 0.3 is 0 Å². The van der Waals surface area contributed by atoms with Crippen molar-refractivity contribution in [2.24, 2.45) is 0 Å². The molecule has 5 nitrogen and oxygen atoms in total. The molecule has 2 aromatic rings. The third-order valence-corrected chi connectivity index (χ3v) is 6.00. The first-order valence-corrected chi connectivity index (χ1v) is 10.6. The minimum Gasteiger partial charge on any atom is -0.341 e. The Bertz CT molecular complexity index is 889. The molecule has 0 aliphatic carbocycles. The lowest BCUT2D eigenvalue weighted by atomic mass is 9.91. The third kappa shape index (κ3) is 4.35. The Labute approximate surface area is 172 Å². The summed E-state index contributed by atoms with van der Waals surface area (Å²) < 4.78 is 0. The Morgan fingerprint density at radius 2 is 1.83 bits per heavy atom. The standard InChI is InChI=1S/C24H29N3O2/c1-2-18-8-7-10-20(16-18)25-22(28)17-27-15-12-19-9-3-4-11-21(19)23(27)24(29)26-13-5-6-14-26/h3-4,7-11,16,23H,2,5-6,12-15,17H2,1H3,(H,25,28)/t23-/m0/s1. The normalized spacial score (nSPS) is 19.1. The molecule has 0 unspecified atom stereocenters. The first-order valence-electron chi connectivity index (χ1n) is 10.6. The van der Waals surface area contributed by atoms with Crippen LogP contribution in [0, 0.1) is 0 Å². The van der Waals surface area contributed by atoms with E-state index in [0.29, 0.717) is 6.54 Å². The van der Waals surface area contributed by atoms with Crippen LogP contribution in [-0.4, -0.2) is 47.8 Å². The van der Waals surface area contributed by atoms with Crippen molar-refractivity contribution in [2.45, 2.75) is 38.6 Å². The third-order valence-electron chi connectivity index (χ3n) is 6.00. The van der Waals surface area contributed by atoms with Gasteiger partial charge in [-0.2, -0.15) is 0 Å². The van der Waals surface area contributed by atoms with Gasteiger partial charge in [0.15, 0.2) is 0 Å². The number of nitrogens with zero attached hydrogens (tertiary/aromatic N) is 2. The molecule has 1 atom stereocenters. The highest BCUT2D eigenvalue weighted by molar-refractivity contribution is 5.93. The Kier molecular flexibility index (Phi) is 5.95. The summed E-state index contributed by atoms with van der Waals surface area (Å²) in [4.78, 5) is 30.2. The number of benzene rings is 2. The number of hydrogen-bond acceptors (Lipinski definition) is 3. The van der Waals surface area contributed by atoms with Gasteiger partial charge in [0.05, 0.1) is 6.54 Å². The summed E-state index contributed by atoms with van der Waals surface area (Å²) in [5, 5.41) is 3.01. The first-order chi connectivity index (χ1) is 14.2. The maximum Gasteiger partial charge on any atom is 0.244 e. The van der Waals surface area contributed by atoms with Gasteiger partial charge in [-0.3, -0.25) is 14.5 Å². The average Bonchev–Trinajstić information content (AvgIpc) is 3.28. The maximum atomic E-state index is 13.3. The van der Waals surface area contributed by atoms with E-state index in [2.05, 4.69) is 24.4 Å². The highest BCUT2D eigenvalue weighted by atomic mass is 16.2. The Morgan fingerprint density at radius 3 is 2.62 bits per heavy atom. The lowest BCUT2D eigenvalue weighted by molar-refractivity contribution is -0.137. The number of anilines is 1. The van der Waals surface area contributed by atoms with Crippen LogP contribution in [0.2, 0.25) is 0 Å². The van der Waals surface area contributed by atoms with E-state index in [0.717, 1.165) is 50.0 Å². The van der Waals surface area contributed by atoms with Gasteiger partial charge in [0.2, 0.25) is 11.8 Å². The second kappa shape index (κ2) is 8.78. The van der Waals surface area contributed by atoms with Crippen LogP contribution in [-0.2, 0) is 22.4 Å². The van der Waals surface area contributed by atoms with Crippen molar-refractivity contribution in [3.63, 3.8) is 0 Å². The van der Waals surface area contributed by atoms with Crippen LogP contribution in [0.15, 0.2) is 48.5 Å². The molecule has 2 amide bonds. The fourth-order valence-corrected chi connectivity index (χ4v) is 4.44. The van der Waals surface area contributed by atoms with E-state index in [1.54, 1.807) is 0 Å². The molecule has 1 saturated heterocycles. The minimum atomic E-state index is -0.370. The molecule has 4 rings (SSSR count). The number of carbonyl (C=O) groups excluding carboxylic acids is 2. The molecule has 2 aliphatic rings. The smallest absolute Gasteiger partial charge is 0.244 e. The second-order valence-electron chi connectivity index (χ2n) is 7.96. The zero-order valence-corrected chi connectivity index (χ0v) is 17.1. The van der Waals surface area contributed by atoms with Gasteiger partial charge in [0.25, 0.3) is 0 Å². The minimum absolute atomic E-state index is 0.0724. The number of amides is 2. The molecule has 0 spiro atoms. The predicted molar refractivity (Wildman–Crippen MR) is 115 cm³/mol. The Balaban J connectivity index is 1.53. The van der Waals surface area contributed by atoms with Gasteiger partial charge in [0, 0.05) is 25.3 Å². The summed E-state index contributed by atoms with van der Waals surface area (Å²) >= 11 is 0. The molecule has 2 heterocycles. The van der Waals surface area contributed by atoms with Crippen LogP contribution in [0.1, 0.15) is 42.5 Å². The molecule has 2 aromatic carbocycles. The van der Waals surface area contributed by atoms with Crippen LogP contribution in [0.25, 0.3) is 0 Å². The summed E-state index contributed by atoms with van der Waals surface area (Å²) in [6.45, 7) is 4.67. The van der Waals surface area contributed by atoms with E-state index < -0.39 is 0 Å². The van der Waals surface area contributed by atoms with Crippen molar-refractivity contribution in [3.05, 3.63) is 65.2 Å². The largest absolute Gasteiger partial charge is 0.341 e. The molecule has 1 fully saturated rings. The van der Waals surface area contributed by atoms with Gasteiger partial charge in [-0.25, -0.2) is 0 Å². The zero-order valence-electron chi connectivity index (χ0n) is 17.1. The topological polar surface area (TPSA) is 52.7 Å². The molecule has 152 valence electrons. The van der Waals surface area contributed by atoms with Gasteiger partial charge in [-0.1, -0.05) is 43.3 Å². The number of carbonyl (C=O) groups is 2. The Morgan fingerprint density at radius 1 is 1.03 bits per heavy atom. The SMILES string of the molecule is CCc1cccc(NC(=O)CN2CCc3ccccc3[C@H]2C(=O)N2CCCC2)c1. The molecule has 1 N–H and O–H groups in total. The quantitative estimate of drug-likeness (QED) is 0.850. The van der Waals surface area contributed by atoms with E-state index in [9.17, 15) is 9.59 Å². The number of fused-ring (bicyclic) bond motifs is 1. The molecule has 29 heavy (non-hydrogen) atoms. The van der Waals surface area contributed by atoms with Crippen molar-refractivity contribution >= 4 is 17.5 Å². The summed E-state index contributed by atoms with van der Waals surface area (Å²) in [6, 6.07) is 15.7. The number of nitrogens with one attached hydrogen (secondary N) is 1. The lowest BCUT2D eigenvalue weighted by Gasteiger charge is -2.37. The summed E-state index contributed by atoms with van der Waals surface area (Å²) in [6.07, 6.45) is 3.92. The van der Waals surface area contributed by atoms with Gasteiger partial charge in [0.1, 0.15) is 6.04 Å². The summed E-state index contributed by atoms with van der Waals surface area (Å²) in [5.41, 5.74) is 4.28. The maximum absolute atomic E-state index is 13.3. The van der Waals surface area contributed by atoms with Crippen molar-refractivity contribution in [2.75, 3.05) is 31.5 Å². The van der Waals surface area contributed by atoms with Crippen molar-refractivity contribution < 1.29 is 9.59 Å². The van der Waals surface area contributed by atoms with E-state index in [-0.39, 0.29) is 24.4 Å². The van der Waals surface area contributed by atoms with Gasteiger partial charge < -0.3 is 10.2 Å².